The second-order valence-corrected chi connectivity index (χ2v) is 9.68. The summed E-state index contributed by atoms with van der Waals surface area (Å²) in [4.78, 5) is 19.0. The van der Waals surface area contributed by atoms with E-state index in [9.17, 15) is 13.2 Å². The van der Waals surface area contributed by atoms with Crippen LogP contribution >= 0.6 is 11.6 Å². The van der Waals surface area contributed by atoms with Crippen LogP contribution in [0.2, 0.25) is 5.02 Å². The van der Waals surface area contributed by atoms with Crippen LogP contribution in [0.4, 0.5) is 5.69 Å². The normalized spacial score (nSPS) is 15.0. The molecule has 9 nitrogen and oxygen atoms in total. The number of hydrogen-bond acceptors (Lipinski definition) is 6. The summed E-state index contributed by atoms with van der Waals surface area (Å²) in [6.45, 7) is 1.81. The van der Waals surface area contributed by atoms with E-state index in [-0.39, 0.29) is 30.2 Å². The largest absolute Gasteiger partial charge is 0.369 e. The molecule has 1 aromatic carbocycles. The summed E-state index contributed by atoms with van der Waals surface area (Å²) in [5.74, 6) is -0.512. The Morgan fingerprint density at radius 3 is 2.47 bits per heavy atom. The molecule has 3 aromatic rings. The van der Waals surface area contributed by atoms with Gasteiger partial charge >= 0.3 is 0 Å². The topological polar surface area (TPSA) is 100 Å². The maximum Gasteiger partial charge on any atom is 0.263 e. The summed E-state index contributed by atoms with van der Waals surface area (Å²) in [5, 5.41) is 7.24. The zero-order valence-corrected chi connectivity index (χ0v) is 19.1. The van der Waals surface area contributed by atoms with Crippen LogP contribution in [-0.4, -0.2) is 59.6 Å². The Morgan fingerprint density at radius 2 is 1.81 bits per heavy atom. The molecule has 0 atom stereocenters. The van der Waals surface area contributed by atoms with E-state index in [1.165, 1.54) is 15.2 Å². The molecule has 0 bridgehead atoms. The third-order valence-electron chi connectivity index (χ3n) is 5.21. The van der Waals surface area contributed by atoms with Crippen molar-refractivity contribution in [1.82, 2.24) is 24.4 Å². The van der Waals surface area contributed by atoms with E-state index in [0.717, 1.165) is 5.69 Å². The van der Waals surface area contributed by atoms with Crippen molar-refractivity contribution >= 4 is 33.2 Å². The van der Waals surface area contributed by atoms with Crippen LogP contribution in [0.1, 0.15) is 16.1 Å². The Labute approximate surface area is 191 Å². The molecule has 32 heavy (non-hydrogen) atoms. The van der Waals surface area contributed by atoms with Gasteiger partial charge in [0.05, 0.1) is 17.8 Å². The van der Waals surface area contributed by atoms with E-state index in [4.69, 9.17) is 11.6 Å². The minimum Gasteiger partial charge on any atom is -0.369 e. The molecule has 0 spiro atoms. The summed E-state index contributed by atoms with van der Waals surface area (Å²) in [6.07, 6.45) is 3.05. The van der Waals surface area contributed by atoms with E-state index >= 15 is 0 Å². The molecule has 1 aliphatic heterocycles. The van der Waals surface area contributed by atoms with Crippen molar-refractivity contribution in [3.05, 3.63) is 71.1 Å². The molecule has 1 amide bonds. The van der Waals surface area contributed by atoms with Crippen LogP contribution in [0, 0.1) is 0 Å². The number of aryl methyl sites for hydroxylation is 1. The molecule has 11 heteroatoms. The van der Waals surface area contributed by atoms with Gasteiger partial charge in [-0.2, -0.15) is 9.40 Å². The number of carbonyl (C=O) groups is 1. The standard InChI is InChI=1S/C21H23ClN6O3S/c1-26-15-19(20(29)24-14-17-4-2-3-9-23-17)21(25-26)32(30,31)28-12-10-27(11-13-28)18-7-5-16(22)6-8-18/h2-9,15H,10-14H2,1H3,(H,24,29). The molecule has 0 unspecified atom stereocenters. The first-order valence-corrected chi connectivity index (χ1v) is 11.9. The number of nitrogens with one attached hydrogen (secondary N) is 1. The molecule has 0 saturated carbocycles. The number of pyridine rings is 1. The first-order chi connectivity index (χ1) is 15.3. The molecule has 0 radical (unpaired) electrons. The molecule has 1 aliphatic rings. The third kappa shape index (κ3) is 4.77. The Kier molecular flexibility index (Phi) is 6.45. The van der Waals surface area contributed by atoms with Gasteiger partial charge < -0.3 is 10.2 Å². The van der Waals surface area contributed by atoms with Gasteiger partial charge in [-0.15, -0.1) is 0 Å². The minimum absolute atomic E-state index is 0.0172. The number of nitrogens with zero attached hydrogens (tertiary/aromatic N) is 5. The molecule has 1 saturated heterocycles. The summed E-state index contributed by atoms with van der Waals surface area (Å²) in [6, 6.07) is 12.8. The molecular weight excluding hydrogens is 452 g/mol. The fourth-order valence-corrected chi connectivity index (χ4v) is 5.21. The van der Waals surface area contributed by atoms with Crippen LogP contribution < -0.4 is 10.2 Å². The van der Waals surface area contributed by atoms with Gasteiger partial charge in [-0.25, -0.2) is 8.42 Å². The molecule has 3 heterocycles. The fourth-order valence-electron chi connectivity index (χ4n) is 3.54. The van der Waals surface area contributed by atoms with Gasteiger partial charge in [-0.05, 0) is 36.4 Å². The molecule has 0 aliphatic carbocycles. The van der Waals surface area contributed by atoms with E-state index in [1.807, 2.05) is 30.3 Å². The quantitative estimate of drug-likeness (QED) is 0.585. The number of carbonyl (C=O) groups excluding carboxylic acids is 1. The van der Waals surface area contributed by atoms with Gasteiger partial charge in [0.2, 0.25) is 5.03 Å². The minimum atomic E-state index is -3.93. The molecule has 1 N–H and O–H groups in total. The first kappa shape index (κ1) is 22.3. The molecule has 2 aromatic heterocycles. The van der Waals surface area contributed by atoms with Crippen LogP contribution in [0.5, 0.6) is 0 Å². The maximum atomic E-state index is 13.3. The van der Waals surface area contributed by atoms with Gasteiger partial charge in [-0.1, -0.05) is 17.7 Å². The van der Waals surface area contributed by atoms with Crippen molar-refractivity contribution in [2.45, 2.75) is 11.6 Å². The number of anilines is 1. The number of amides is 1. The molecule has 4 rings (SSSR count). The smallest absolute Gasteiger partial charge is 0.263 e. The molecule has 1 fully saturated rings. The maximum absolute atomic E-state index is 13.3. The third-order valence-corrected chi connectivity index (χ3v) is 7.30. The number of rotatable bonds is 6. The van der Waals surface area contributed by atoms with Gasteiger partial charge in [-0.3, -0.25) is 14.5 Å². The van der Waals surface area contributed by atoms with Crippen molar-refractivity contribution in [3.8, 4) is 0 Å². The SMILES string of the molecule is Cn1cc(C(=O)NCc2ccccn2)c(S(=O)(=O)N2CCN(c3ccc(Cl)cc3)CC2)n1. The monoisotopic (exact) mass is 474 g/mol. The fraction of sp³-hybridized carbons (Fsp3) is 0.286. The second kappa shape index (κ2) is 9.27. The van der Waals surface area contributed by atoms with Crippen molar-refractivity contribution in [1.29, 1.82) is 0 Å². The summed E-state index contributed by atoms with van der Waals surface area (Å²) >= 11 is 5.95. The van der Waals surface area contributed by atoms with E-state index in [2.05, 4.69) is 20.3 Å². The van der Waals surface area contributed by atoms with Gasteiger partial charge in [0, 0.05) is 56.3 Å². The lowest BCUT2D eigenvalue weighted by molar-refractivity contribution is 0.0947. The van der Waals surface area contributed by atoms with Crippen molar-refractivity contribution in [3.63, 3.8) is 0 Å². The predicted molar refractivity (Wildman–Crippen MR) is 121 cm³/mol. The number of sulfonamides is 1. The van der Waals surface area contributed by atoms with E-state index in [0.29, 0.717) is 23.8 Å². The highest BCUT2D eigenvalue weighted by molar-refractivity contribution is 7.89. The average molecular weight is 475 g/mol. The second-order valence-electron chi connectivity index (χ2n) is 7.39. The van der Waals surface area contributed by atoms with Gasteiger partial charge in [0.1, 0.15) is 0 Å². The number of hydrogen-bond donors (Lipinski definition) is 1. The highest BCUT2D eigenvalue weighted by atomic mass is 35.5. The number of piperazine rings is 1. The summed E-state index contributed by atoms with van der Waals surface area (Å²) < 4.78 is 29.3. The lowest BCUT2D eigenvalue weighted by Gasteiger charge is -2.35. The highest BCUT2D eigenvalue weighted by Crippen LogP contribution is 2.23. The molecule has 168 valence electrons. The highest BCUT2D eigenvalue weighted by Gasteiger charge is 2.34. The van der Waals surface area contributed by atoms with E-state index in [1.54, 1.807) is 25.4 Å². The van der Waals surface area contributed by atoms with Gasteiger partial charge in [0.25, 0.3) is 15.9 Å². The van der Waals surface area contributed by atoms with Crippen LogP contribution in [0.3, 0.4) is 0 Å². The van der Waals surface area contributed by atoms with Crippen LogP contribution in [-0.2, 0) is 23.6 Å². The zero-order chi connectivity index (χ0) is 22.7. The Morgan fingerprint density at radius 1 is 1.09 bits per heavy atom. The Hall–Kier alpha value is -2.95. The van der Waals surface area contributed by atoms with Crippen molar-refractivity contribution < 1.29 is 13.2 Å². The van der Waals surface area contributed by atoms with Crippen molar-refractivity contribution in [2.24, 2.45) is 7.05 Å². The number of aromatic nitrogens is 3. The van der Waals surface area contributed by atoms with Crippen LogP contribution in [0.15, 0.2) is 59.9 Å². The van der Waals surface area contributed by atoms with Gasteiger partial charge in [0.15, 0.2) is 0 Å². The van der Waals surface area contributed by atoms with Crippen molar-refractivity contribution in [2.75, 3.05) is 31.1 Å². The average Bonchev–Trinajstić information content (AvgIpc) is 3.21. The Balaban J connectivity index is 1.47. The van der Waals surface area contributed by atoms with E-state index < -0.39 is 15.9 Å². The summed E-state index contributed by atoms with van der Waals surface area (Å²) in [5.41, 5.74) is 1.68. The lowest BCUT2D eigenvalue weighted by Crippen LogP contribution is -2.49. The lowest BCUT2D eigenvalue weighted by atomic mass is 10.2. The number of benzene rings is 1. The first-order valence-electron chi connectivity index (χ1n) is 10.1. The molecular formula is C21H23ClN6O3S. The predicted octanol–water partition coefficient (Wildman–Crippen LogP) is 1.91. The zero-order valence-electron chi connectivity index (χ0n) is 17.5. The number of halogens is 1. The summed E-state index contributed by atoms with van der Waals surface area (Å²) in [7, 11) is -2.34. The Bertz CT molecular complexity index is 1190. The van der Waals surface area contributed by atoms with Crippen LogP contribution in [0.25, 0.3) is 0 Å².